The van der Waals surface area contributed by atoms with Crippen molar-refractivity contribution in [3.05, 3.63) is 29.6 Å². The van der Waals surface area contributed by atoms with Crippen LogP contribution in [0.5, 0.6) is 0 Å². The third kappa shape index (κ3) is 3.36. The van der Waals surface area contributed by atoms with E-state index in [0.717, 1.165) is 5.56 Å². The van der Waals surface area contributed by atoms with E-state index in [1.54, 1.807) is 6.07 Å². The molecule has 0 spiro atoms. The lowest BCUT2D eigenvalue weighted by Crippen LogP contribution is -2.12. The van der Waals surface area contributed by atoms with Crippen molar-refractivity contribution in [2.45, 2.75) is 32.4 Å². The van der Waals surface area contributed by atoms with Crippen LogP contribution in [0.15, 0.2) is 18.3 Å². The first-order valence-corrected chi connectivity index (χ1v) is 4.40. The lowest BCUT2D eigenvalue weighted by Gasteiger charge is -2.07. The first-order valence-electron chi connectivity index (χ1n) is 4.40. The number of pyridine rings is 1. The molecule has 0 atom stereocenters. The molecule has 14 heavy (non-hydrogen) atoms. The highest BCUT2D eigenvalue weighted by Crippen LogP contribution is 2.21. The van der Waals surface area contributed by atoms with Crippen molar-refractivity contribution in [3.8, 4) is 0 Å². The summed E-state index contributed by atoms with van der Waals surface area (Å²) in [6, 6.07) is 3.13. The number of halogens is 3. The molecule has 1 nitrogen and oxygen atoms in total. The maximum atomic E-state index is 12.0. The molecule has 0 saturated carbocycles. The monoisotopic (exact) mass is 203 g/mol. The van der Waals surface area contributed by atoms with Crippen LogP contribution in [0.1, 0.15) is 31.0 Å². The summed E-state index contributed by atoms with van der Waals surface area (Å²) >= 11 is 0. The maximum absolute atomic E-state index is 12.0. The Kier molecular flexibility index (Phi) is 3.13. The predicted octanol–water partition coefficient (Wildman–Crippen LogP) is 3.31. The van der Waals surface area contributed by atoms with E-state index in [9.17, 15) is 13.2 Å². The van der Waals surface area contributed by atoms with Crippen LogP contribution >= 0.6 is 0 Å². The summed E-state index contributed by atoms with van der Waals surface area (Å²) in [7, 11) is 0. The van der Waals surface area contributed by atoms with Crippen molar-refractivity contribution < 1.29 is 13.2 Å². The topological polar surface area (TPSA) is 12.9 Å². The summed E-state index contributed by atoms with van der Waals surface area (Å²) in [5.74, 6) is 0.294. The number of alkyl halides is 3. The molecule has 0 amide bonds. The first-order chi connectivity index (χ1) is 6.38. The molecule has 0 aliphatic rings. The SMILES string of the molecule is CC(C)c1ccc(CC(F)(F)F)nc1. The van der Waals surface area contributed by atoms with Gasteiger partial charge in [-0.05, 0) is 17.5 Å². The van der Waals surface area contributed by atoms with Gasteiger partial charge in [0.2, 0.25) is 0 Å². The van der Waals surface area contributed by atoms with Gasteiger partial charge in [0, 0.05) is 11.9 Å². The first kappa shape index (κ1) is 11.0. The minimum Gasteiger partial charge on any atom is -0.261 e. The molecule has 0 saturated heterocycles. The van der Waals surface area contributed by atoms with Gasteiger partial charge >= 0.3 is 6.18 Å². The number of aromatic nitrogens is 1. The molecule has 0 N–H and O–H groups in total. The predicted molar refractivity (Wildman–Crippen MR) is 48.1 cm³/mol. The third-order valence-electron chi connectivity index (χ3n) is 1.90. The Morgan fingerprint density at radius 1 is 1.29 bits per heavy atom. The maximum Gasteiger partial charge on any atom is 0.394 e. The smallest absolute Gasteiger partial charge is 0.261 e. The van der Waals surface area contributed by atoms with Crippen LogP contribution in [0.2, 0.25) is 0 Å². The molecular weight excluding hydrogens is 191 g/mol. The fourth-order valence-electron chi connectivity index (χ4n) is 1.09. The van der Waals surface area contributed by atoms with E-state index >= 15 is 0 Å². The van der Waals surface area contributed by atoms with Gasteiger partial charge in [0.25, 0.3) is 0 Å². The molecule has 1 heterocycles. The molecule has 1 rings (SSSR count). The summed E-state index contributed by atoms with van der Waals surface area (Å²) in [5.41, 5.74) is 1.03. The van der Waals surface area contributed by atoms with Gasteiger partial charge in [-0.3, -0.25) is 4.98 Å². The zero-order valence-electron chi connectivity index (χ0n) is 8.10. The van der Waals surface area contributed by atoms with Crippen molar-refractivity contribution in [2.75, 3.05) is 0 Å². The zero-order chi connectivity index (χ0) is 10.8. The fourth-order valence-corrected chi connectivity index (χ4v) is 1.09. The highest BCUT2D eigenvalue weighted by molar-refractivity contribution is 5.17. The molecule has 0 unspecified atom stereocenters. The lowest BCUT2D eigenvalue weighted by molar-refractivity contribution is -0.127. The Hall–Kier alpha value is -1.06. The average Bonchev–Trinajstić information content (AvgIpc) is 2.02. The number of rotatable bonds is 2. The summed E-state index contributed by atoms with van der Waals surface area (Å²) in [6.45, 7) is 3.95. The van der Waals surface area contributed by atoms with E-state index in [-0.39, 0.29) is 5.69 Å². The van der Waals surface area contributed by atoms with Crippen LogP contribution in [0.4, 0.5) is 13.2 Å². The van der Waals surface area contributed by atoms with Gasteiger partial charge in [0.05, 0.1) is 6.42 Å². The molecule has 0 aromatic carbocycles. The summed E-state index contributed by atoms with van der Waals surface area (Å²) in [5, 5.41) is 0. The van der Waals surface area contributed by atoms with Crippen LogP contribution in [0, 0.1) is 0 Å². The van der Waals surface area contributed by atoms with Crippen LogP contribution in [-0.2, 0) is 6.42 Å². The quantitative estimate of drug-likeness (QED) is 0.718. The molecule has 0 aliphatic heterocycles. The van der Waals surface area contributed by atoms with E-state index in [2.05, 4.69) is 4.98 Å². The van der Waals surface area contributed by atoms with Crippen LogP contribution in [0.3, 0.4) is 0 Å². The van der Waals surface area contributed by atoms with Gasteiger partial charge in [-0.2, -0.15) is 13.2 Å². The largest absolute Gasteiger partial charge is 0.394 e. The van der Waals surface area contributed by atoms with Gasteiger partial charge in [-0.1, -0.05) is 19.9 Å². The minimum atomic E-state index is -4.17. The molecule has 0 radical (unpaired) electrons. The van der Waals surface area contributed by atoms with Crippen molar-refractivity contribution in [3.63, 3.8) is 0 Å². The molecule has 0 aliphatic carbocycles. The summed E-state index contributed by atoms with van der Waals surface area (Å²) in [6.07, 6.45) is -3.62. The fraction of sp³-hybridized carbons (Fsp3) is 0.500. The Morgan fingerprint density at radius 3 is 2.29 bits per heavy atom. The highest BCUT2D eigenvalue weighted by atomic mass is 19.4. The van der Waals surface area contributed by atoms with Crippen LogP contribution in [0.25, 0.3) is 0 Å². The van der Waals surface area contributed by atoms with Gasteiger partial charge in [-0.25, -0.2) is 0 Å². The Balaban J connectivity index is 2.74. The number of hydrogen-bond acceptors (Lipinski definition) is 1. The normalized spacial score (nSPS) is 12.1. The number of hydrogen-bond donors (Lipinski definition) is 0. The Bertz CT molecular complexity index is 287. The average molecular weight is 203 g/mol. The van der Waals surface area contributed by atoms with Crippen molar-refractivity contribution in [2.24, 2.45) is 0 Å². The van der Waals surface area contributed by atoms with Crippen molar-refractivity contribution in [1.82, 2.24) is 4.98 Å². The molecular formula is C10H12F3N. The van der Waals surface area contributed by atoms with Crippen molar-refractivity contribution in [1.29, 1.82) is 0 Å². The van der Waals surface area contributed by atoms with E-state index in [1.165, 1.54) is 12.3 Å². The Labute approximate surface area is 81.0 Å². The second kappa shape index (κ2) is 3.98. The van der Waals surface area contributed by atoms with E-state index in [4.69, 9.17) is 0 Å². The van der Waals surface area contributed by atoms with Gasteiger partial charge in [-0.15, -0.1) is 0 Å². The second-order valence-corrected chi connectivity index (χ2v) is 3.53. The second-order valence-electron chi connectivity index (χ2n) is 3.53. The molecule has 1 aromatic rings. The molecule has 0 bridgehead atoms. The summed E-state index contributed by atoms with van der Waals surface area (Å²) < 4.78 is 35.9. The van der Waals surface area contributed by atoms with E-state index in [1.807, 2.05) is 13.8 Å². The van der Waals surface area contributed by atoms with Gasteiger partial charge in [0.1, 0.15) is 0 Å². The highest BCUT2D eigenvalue weighted by Gasteiger charge is 2.28. The van der Waals surface area contributed by atoms with Gasteiger partial charge in [0.15, 0.2) is 0 Å². The molecule has 78 valence electrons. The van der Waals surface area contributed by atoms with Crippen LogP contribution < -0.4 is 0 Å². The van der Waals surface area contributed by atoms with Crippen molar-refractivity contribution >= 4 is 0 Å². The summed E-state index contributed by atoms with van der Waals surface area (Å²) in [4.78, 5) is 3.77. The third-order valence-corrected chi connectivity index (χ3v) is 1.90. The van der Waals surface area contributed by atoms with Crippen LogP contribution in [-0.4, -0.2) is 11.2 Å². The zero-order valence-corrected chi connectivity index (χ0v) is 8.10. The number of nitrogens with zero attached hydrogens (tertiary/aromatic N) is 1. The lowest BCUT2D eigenvalue weighted by atomic mass is 10.1. The van der Waals surface area contributed by atoms with Gasteiger partial charge < -0.3 is 0 Å². The molecule has 1 aromatic heterocycles. The standard InChI is InChI=1S/C10H12F3N/c1-7(2)8-3-4-9(14-6-8)5-10(11,12)13/h3-4,6-7H,5H2,1-2H3. The minimum absolute atomic E-state index is 0.0712. The Morgan fingerprint density at radius 2 is 1.93 bits per heavy atom. The van der Waals surface area contributed by atoms with E-state index < -0.39 is 12.6 Å². The molecule has 0 fully saturated rings. The van der Waals surface area contributed by atoms with E-state index in [0.29, 0.717) is 5.92 Å². The molecule has 4 heteroatoms.